The summed E-state index contributed by atoms with van der Waals surface area (Å²) in [5, 5.41) is 7.01. The molecule has 0 spiro atoms. The maximum Gasteiger partial charge on any atom is 0.243 e. The molecule has 0 aromatic rings. The zero-order valence-electron chi connectivity index (χ0n) is 18.1. The summed E-state index contributed by atoms with van der Waals surface area (Å²) in [6.07, 6.45) is 7.32. The van der Waals surface area contributed by atoms with Crippen molar-refractivity contribution in [1.82, 2.24) is 20.4 Å². The topological polar surface area (TPSA) is 69.2 Å². The quantitative estimate of drug-likeness (QED) is 0.268. The lowest BCUT2D eigenvalue weighted by Gasteiger charge is -2.42. The van der Waals surface area contributed by atoms with Crippen molar-refractivity contribution in [2.75, 3.05) is 60.5 Å². The summed E-state index contributed by atoms with van der Waals surface area (Å²) in [6, 6.07) is 0.553. The number of hydrogen-bond acceptors (Lipinski definition) is 4. The highest BCUT2D eigenvalue weighted by atomic mass is 127. The van der Waals surface area contributed by atoms with Gasteiger partial charge < -0.3 is 20.3 Å². The number of methoxy groups -OCH3 is 1. The normalized spacial score (nSPS) is 21.6. The summed E-state index contributed by atoms with van der Waals surface area (Å²) in [6.45, 7) is 7.23. The number of nitrogens with one attached hydrogen (secondary N) is 2. The van der Waals surface area contributed by atoms with Gasteiger partial charge in [-0.2, -0.15) is 0 Å². The summed E-state index contributed by atoms with van der Waals surface area (Å²) in [4.78, 5) is 20.6. The second-order valence-electron chi connectivity index (χ2n) is 8.21. The molecule has 1 aliphatic heterocycles. The second kappa shape index (κ2) is 12.8. The number of rotatable bonds is 10. The molecular weight excluding hydrogens is 469 g/mol. The SMILES string of the molecule is CCN1CCCC1CNC(=NCC(=O)N(C)C)NCC1(CCOC)CCC1.I. The number of amides is 1. The third-order valence-corrected chi connectivity index (χ3v) is 6.16. The molecule has 1 saturated carbocycles. The minimum absolute atomic E-state index is 0. The molecule has 164 valence electrons. The molecule has 2 rings (SSSR count). The van der Waals surface area contributed by atoms with Crippen molar-refractivity contribution < 1.29 is 9.53 Å². The van der Waals surface area contributed by atoms with Crippen molar-refractivity contribution in [1.29, 1.82) is 0 Å². The van der Waals surface area contributed by atoms with E-state index in [0.717, 1.165) is 38.6 Å². The Hall–Kier alpha value is -0.610. The minimum Gasteiger partial charge on any atom is -0.385 e. The van der Waals surface area contributed by atoms with Crippen LogP contribution in [0.3, 0.4) is 0 Å². The fraction of sp³-hybridized carbons (Fsp3) is 0.900. The third-order valence-electron chi connectivity index (χ3n) is 6.16. The van der Waals surface area contributed by atoms with E-state index >= 15 is 0 Å². The minimum atomic E-state index is 0. The zero-order valence-corrected chi connectivity index (χ0v) is 20.5. The number of likely N-dealkylation sites (tertiary alicyclic amines) is 1. The Morgan fingerprint density at radius 1 is 1.29 bits per heavy atom. The number of hydrogen-bond donors (Lipinski definition) is 2. The maximum atomic E-state index is 12.0. The highest BCUT2D eigenvalue weighted by molar-refractivity contribution is 14.0. The van der Waals surface area contributed by atoms with E-state index in [4.69, 9.17) is 4.74 Å². The van der Waals surface area contributed by atoms with Gasteiger partial charge in [0.25, 0.3) is 0 Å². The predicted molar refractivity (Wildman–Crippen MR) is 125 cm³/mol. The Labute approximate surface area is 188 Å². The summed E-state index contributed by atoms with van der Waals surface area (Å²) in [5.74, 6) is 0.779. The van der Waals surface area contributed by atoms with E-state index in [9.17, 15) is 4.79 Å². The van der Waals surface area contributed by atoms with E-state index in [1.807, 2.05) is 0 Å². The molecular formula is C20H40IN5O2. The lowest BCUT2D eigenvalue weighted by atomic mass is 9.67. The third kappa shape index (κ3) is 7.67. The van der Waals surface area contributed by atoms with E-state index in [2.05, 4.69) is 27.4 Å². The second-order valence-corrected chi connectivity index (χ2v) is 8.21. The maximum absolute atomic E-state index is 12.0. The summed E-state index contributed by atoms with van der Waals surface area (Å²) >= 11 is 0. The molecule has 0 radical (unpaired) electrons. The first-order chi connectivity index (χ1) is 13.0. The van der Waals surface area contributed by atoms with Crippen LogP contribution in [-0.4, -0.2) is 88.2 Å². The molecule has 28 heavy (non-hydrogen) atoms. The molecule has 1 aliphatic carbocycles. The number of aliphatic imine (C=N–C) groups is 1. The molecule has 1 saturated heterocycles. The average molecular weight is 509 g/mol. The van der Waals surface area contributed by atoms with Crippen LogP contribution in [0.15, 0.2) is 4.99 Å². The van der Waals surface area contributed by atoms with Crippen molar-refractivity contribution in [2.24, 2.45) is 10.4 Å². The fourth-order valence-electron chi connectivity index (χ4n) is 4.00. The molecule has 1 unspecified atom stereocenters. The van der Waals surface area contributed by atoms with Crippen molar-refractivity contribution in [3.8, 4) is 0 Å². The van der Waals surface area contributed by atoms with Crippen LogP contribution in [0.25, 0.3) is 0 Å². The standard InChI is InChI=1S/C20H39N5O2.HI/c1-5-25-12-6-8-17(25)14-21-19(22-15-18(26)24(2)3)23-16-20(9-7-10-20)11-13-27-4;/h17H,5-16H2,1-4H3,(H2,21,22,23);1H. The Balaban J connectivity index is 0.00000392. The first-order valence-electron chi connectivity index (χ1n) is 10.4. The molecule has 2 fully saturated rings. The Morgan fingerprint density at radius 3 is 2.61 bits per heavy atom. The lowest BCUT2D eigenvalue weighted by Crippen LogP contribution is -2.49. The molecule has 2 aliphatic rings. The molecule has 0 aromatic heterocycles. The Morgan fingerprint density at radius 2 is 2.04 bits per heavy atom. The highest BCUT2D eigenvalue weighted by Gasteiger charge is 2.36. The molecule has 7 nitrogen and oxygen atoms in total. The van der Waals surface area contributed by atoms with Crippen molar-refractivity contribution in [3.05, 3.63) is 0 Å². The highest BCUT2D eigenvalue weighted by Crippen LogP contribution is 2.43. The first kappa shape index (κ1) is 25.4. The summed E-state index contributed by atoms with van der Waals surface area (Å²) in [5.41, 5.74) is 0.312. The number of nitrogens with zero attached hydrogens (tertiary/aromatic N) is 3. The Bertz CT molecular complexity index is 497. The molecule has 0 bridgehead atoms. The largest absolute Gasteiger partial charge is 0.385 e. The summed E-state index contributed by atoms with van der Waals surface area (Å²) in [7, 11) is 5.30. The van der Waals surface area contributed by atoms with Crippen LogP contribution in [0.5, 0.6) is 0 Å². The van der Waals surface area contributed by atoms with Gasteiger partial charge >= 0.3 is 0 Å². The number of likely N-dealkylation sites (N-methyl/N-ethyl adjacent to an activating group) is 2. The van der Waals surface area contributed by atoms with E-state index in [-0.39, 0.29) is 36.4 Å². The smallest absolute Gasteiger partial charge is 0.243 e. The van der Waals surface area contributed by atoms with Crippen molar-refractivity contribution in [3.63, 3.8) is 0 Å². The van der Waals surface area contributed by atoms with Crippen LogP contribution in [0, 0.1) is 5.41 Å². The van der Waals surface area contributed by atoms with Gasteiger partial charge in [-0.25, -0.2) is 4.99 Å². The van der Waals surface area contributed by atoms with Gasteiger partial charge in [0, 0.05) is 46.9 Å². The molecule has 1 amide bonds. The Kier molecular flexibility index (Phi) is 11.7. The van der Waals surface area contributed by atoms with E-state index in [0.29, 0.717) is 11.5 Å². The van der Waals surface area contributed by atoms with Crippen molar-refractivity contribution >= 4 is 35.8 Å². The van der Waals surface area contributed by atoms with Gasteiger partial charge in [-0.1, -0.05) is 13.3 Å². The number of guanidine groups is 1. The average Bonchev–Trinajstić information content (AvgIpc) is 3.09. The first-order valence-corrected chi connectivity index (χ1v) is 10.4. The van der Waals surface area contributed by atoms with E-state index in [1.165, 1.54) is 38.6 Å². The van der Waals surface area contributed by atoms with Crippen molar-refractivity contribution in [2.45, 2.75) is 51.5 Å². The molecule has 8 heteroatoms. The van der Waals surface area contributed by atoms with Crippen LogP contribution in [0.2, 0.25) is 0 Å². The van der Waals surface area contributed by atoms with Gasteiger partial charge in [0.05, 0.1) is 0 Å². The predicted octanol–water partition coefficient (Wildman–Crippen LogP) is 1.92. The number of ether oxygens (including phenoxy) is 1. The molecule has 2 N–H and O–H groups in total. The van der Waals surface area contributed by atoms with Gasteiger partial charge in [-0.3, -0.25) is 9.69 Å². The number of halogens is 1. The van der Waals surface area contributed by atoms with Gasteiger partial charge in [0.15, 0.2) is 5.96 Å². The van der Waals surface area contributed by atoms with Crippen LogP contribution in [-0.2, 0) is 9.53 Å². The molecule has 1 atom stereocenters. The molecule has 0 aromatic carbocycles. The van der Waals surface area contributed by atoms with Crippen LogP contribution >= 0.6 is 24.0 Å². The van der Waals surface area contributed by atoms with Crippen LogP contribution in [0.1, 0.15) is 45.4 Å². The van der Waals surface area contributed by atoms with Crippen LogP contribution in [0.4, 0.5) is 0 Å². The van der Waals surface area contributed by atoms with Gasteiger partial charge in [-0.15, -0.1) is 24.0 Å². The lowest BCUT2D eigenvalue weighted by molar-refractivity contribution is -0.127. The van der Waals surface area contributed by atoms with Gasteiger partial charge in [-0.05, 0) is 50.6 Å². The number of carbonyl (C=O) groups excluding carboxylic acids is 1. The fourth-order valence-corrected chi connectivity index (χ4v) is 4.00. The summed E-state index contributed by atoms with van der Waals surface area (Å²) < 4.78 is 5.30. The zero-order chi connectivity index (χ0) is 19.7. The van der Waals surface area contributed by atoms with Crippen LogP contribution < -0.4 is 10.6 Å². The van der Waals surface area contributed by atoms with Gasteiger partial charge in [0.1, 0.15) is 6.54 Å². The van der Waals surface area contributed by atoms with E-state index in [1.54, 1.807) is 26.1 Å². The monoisotopic (exact) mass is 509 g/mol. The van der Waals surface area contributed by atoms with Gasteiger partial charge in [0.2, 0.25) is 5.91 Å². The van der Waals surface area contributed by atoms with E-state index < -0.39 is 0 Å². The number of carbonyl (C=O) groups is 1. The molecule has 1 heterocycles.